The average molecular weight is 338 g/mol. The highest BCUT2D eigenvalue weighted by molar-refractivity contribution is 5.90. The number of anilines is 1. The van der Waals surface area contributed by atoms with Crippen molar-refractivity contribution >= 4 is 11.6 Å². The highest BCUT2D eigenvalue weighted by Gasteiger charge is 2.29. The van der Waals surface area contributed by atoms with Crippen molar-refractivity contribution < 1.29 is 13.9 Å². The van der Waals surface area contributed by atoms with Gasteiger partial charge in [0.1, 0.15) is 18.0 Å². The summed E-state index contributed by atoms with van der Waals surface area (Å²) in [6, 6.07) is 10.9. The molecule has 7 heteroatoms. The third kappa shape index (κ3) is 3.40. The fourth-order valence-electron chi connectivity index (χ4n) is 2.61. The van der Waals surface area contributed by atoms with Crippen LogP contribution in [-0.2, 0) is 11.3 Å². The van der Waals surface area contributed by atoms with Crippen LogP contribution in [0.3, 0.4) is 0 Å². The van der Waals surface area contributed by atoms with E-state index in [0.29, 0.717) is 23.4 Å². The van der Waals surface area contributed by atoms with Gasteiger partial charge in [-0.15, -0.1) is 10.2 Å². The van der Waals surface area contributed by atoms with E-state index in [1.807, 2.05) is 18.3 Å². The Kier molecular flexibility index (Phi) is 3.97. The summed E-state index contributed by atoms with van der Waals surface area (Å²) in [6.45, 7) is 0.162. The lowest BCUT2D eigenvalue weighted by atomic mass is 10.3. The van der Waals surface area contributed by atoms with Crippen LogP contribution >= 0.6 is 0 Å². The number of amides is 1. The van der Waals surface area contributed by atoms with Gasteiger partial charge in [0.25, 0.3) is 5.89 Å². The summed E-state index contributed by atoms with van der Waals surface area (Å²) in [6.07, 6.45) is 4.03. The minimum Gasteiger partial charge on any atom is -0.497 e. The van der Waals surface area contributed by atoms with Crippen molar-refractivity contribution in [1.82, 2.24) is 14.8 Å². The zero-order valence-electron chi connectivity index (χ0n) is 13.8. The van der Waals surface area contributed by atoms with E-state index in [2.05, 4.69) is 15.5 Å². The van der Waals surface area contributed by atoms with Gasteiger partial charge in [-0.1, -0.05) is 0 Å². The van der Waals surface area contributed by atoms with E-state index in [4.69, 9.17) is 9.15 Å². The van der Waals surface area contributed by atoms with E-state index in [1.54, 1.807) is 35.9 Å². The van der Waals surface area contributed by atoms with E-state index in [9.17, 15) is 4.79 Å². The molecular formula is C18H18N4O3. The van der Waals surface area contributed by atoms with E-state index in [0.717, 1.165) is 24.3 Å². The molecule has 1 fully saturated rings. The fourth-order valence-corrected chi connectivity index (χ4v) is 2.61. The molecule has 0 spiro atoms. The zero-order chi connectivity index (χ0) is 17.2. The van der Waals surface area contributed by atoms with E-state index < -0.39 is 0 Å². The number of carbonyl (C=O) groups is 1. The minimum atomic E-state index is -0.135. The number of ether oxygens (including phenoxy) is 1. The number of rotatable bonds is 6. The van der Waals surface area contributed by atoms with Crippen LogP contribution in [-0.4, -0.2) is 27.8 Å². The van der Waals surface area contributed by atoms with Gasteiger partial charge in [-0.3, -0.25) is 4.79 Å². The molecular weight excluding hydrogens is 320 g/mol. The molecule has 0 bridgehead atoms. The van der Waals surface area contributed by atoms with Crippen LogP contribution in [0.4, 0.5) is 5.69 Å². The molecule has 0 radical (unpaired) electrons. The lowest BCUT2D eigenvalue weighted by Crippen LogP contribution is -2.18. The Morgan fingerprint density at radius 2 is 2.08 bits per heavy atom. The number of nitrogens with zero attached hydrogens (tertiary/aromatic N) is 3. The molecule has 4 rings (SSSR count). The van der Waals surface area contributed by atoms with Gasteiger partial charge in [-0.05, 0) is 49.2 Å². The second-order valence-electron chi connectivity index (χ2n) is 6.02. The highest BCUT2D eigenvalue weighted by atomic mass is 16.5. The second kappa shape index (κ2) is 6.43. The van der Waals surface area contributed by atoms with Gasteiger partial charge < -0.3 is 19.0 Å². The molecule has 1 saturated carbocycles. The quantitative estimate of drug-likeness (QED) is 0.747. The third-order valence-electron chi connectivity index (χ3n) is 4.10. The zero-order valence-corrected chi connectivity index (χ0v) is 13.8. The van der Waals surface area contributed by atoms with Crippen LogP contribution in [0.5, 0.6) is 5.75 Å². The molecule has 1 amide bonds. The molecule has 2 heterocycles. The Bertz CT molecular complexity index is 878. The molecule has 0 aliphatic heterocycles. The number of aromatic nitrogens is 3. The smallest absolute Gasteiger partial charge is 0.264 e. The summed E-state index contributed by atoms with van der Waals surface area (Å²) in [5.41, 5.74) is 1.46. The van der Waals surface area contributed by atoms with Gasteiger partial charge in [-0.2, -0.15) is 0 Å². The second-order valence-corrected chi connectivity index (χ2v) is 6.02. The lowest BCUT2D eigenvalue weighted by Gasteiger charge is -2.08. The van der Waals surface area contributed by atoms with Crippen molar-refractivity contribution in [3.8, 4) is 17.3 Å². The van der Waals surface area contributed by atoms with Gasteiger partial charge in [-0.25, -0.2) is 0 Å². The van der Waals surface area contributed by atoms with Crippen molar-refractivity contribution in [3.63, 3.8) is 0 Å². The summed E-state index contributed by atoms with van der Waals surface area (Å²) >= 11 is 0. The Hall–Kier alpha value is -3.09. The maximum atomic E-state index is 12.3. The number of hydrogen-bond donors (Lipinski definition) is 1. The fraction of sp³-hybridized carbons (Fsp3) is 0.278. The number of methoxy groups -OCH3 is 1. The van der Waals surface area contributed by atoms with Crippen molar-refractivity contribution in [2.45, 2.75) is 25.3 Å². The largest absolute Gasteiger partial charge is 0.497 e. The first-order valence-electron chi connectivity index (χ1n) is 8.16. The summed E-state index contributed by atoms with van der Waals surface area (Å²) in [5, 5.41) is 11.1. The average Bonchev–Trinajstić information content (AvgIpc) is 3.17. The Morgan fingerprint density at radius 3 is 2.80 bits per heavy atom. The topological polar surface area (TPSA) is 82.2 Å². The third-order valence-corrected chi connectivity index (χ3v) is 4.10. The Balaban J connectivity index is 1.45. The maximum Gasteiger partial charge on any atom is 0.264 e. The van der Waals surface area contributed by atoms with Gasteiger partial charge >= 0.3 is 0 Å². The standard InChI is InChI=1S/C18H18N4O3/c1-24-14-8-6-13(7-9-14)19-16(23)11-22-10-2-3-15(22)18-21-20-17(25-18)12-4-5-12/h2-3,6-10,12H,4-5,11H2,1H3,(H,19,23). The SMILES string of the molecule is COc1ccc(NC(=O)Cn2cccc2-c2nnc(C3CC3)o2)cc1. The van der Waals surface area contributed by atoms with E-state index in [1.165, 1.54) is 0 Å². The number of hydrogen-bond acceptors (Lipinski definition) is 5. The van der Waals surface area contributed by atoms with Crippen molar-refractivity contribution in [3.05, 3.63) is 48.5 Å². The van der Waals surface area contributed by atoms with Crippen LogP contribution < -0.4 is 10.1 Å². The molecule has 1 aliphatic rings. The number of benzene rings is 1. The molecule has 7 nitrogen and oxygen atoms in total. The van der Waals surface area contributed by atoms with Crippen LogP contribution in [0.25, 0.3) is 11.6 Å². The predicted octanol–water partition coefficient (Wildman–Crippen LogP) is 3.06. The normalized spacial score (nSPS) is 13.6. The van der Waals surface area contributed by atoms with Crippen LogP contribution in [0.2, 0.25) is 0 Å². The van der Waals surface area contributed by atoms with Crippen LogP contribution in [0, 0.1) is 0 Å². The van der Waals surface area contributed by atoms with Gasteiger partial charge in [0.2, 0.25) is 11.8 Å². The molecule has 1 N–H and O–H groups in total. The van der Waals surface area contributed by atoms with Gasteiger partial charge in [0.05, 0.1) is 7.11 Å². The van der Waals surface area contributed by atoms with Gasteiger partial charge in [0, 0.05) is 17.8 Å². The summed E-state index contributed by atoms with van der Waals surface area (Å²) in [4.78, 5) is 12.3. The predicted molar refractivity (Wildman–Crippen MR) is 91.3 cm³/mol. The number of nitrogens with one attached hydrogen (secondary N) is 1. The van der Waals surface area contributed by atoms with E-state index >= 15 is 0 Å². The van der Waals surface area contributed by atoms with Gasteiger partial charge in [0.15, 0.2) is 0 Å². The van der Waals surface area contributed by atoms with Crippen LogP contribution in [0.1, 0.15) is 24.7 Å². The first kappa shape index (κ1) is 15.4. The molecule has 1 aliphatic carbocycles. The first-order valence-corrected chi connectivity index (χ1v) is 8.16. The highest BCUT2D eigenvalue weighted by Crippen LogP contribution is 2.39. The minimum absolute atomic E-state index is 0.135. The molecule has 0 unspecified atom stereocenters. The van der Waals surface area contributed by atoms with Crippen molar-refractivity contribution in [2.24, 2.45) is 0 Å². The van der Waals surface area contributed by atoms with Crippen molar-refractivity contribution in [1.29, 1.82) is 0 Å². The van der Waals surface area contributed by atoms with Crippen molar-refractivity contribution in [2.75, 3.05) is 12.4 Å². The molecule has 25 heavy (non-hydrogen) atoms. The molecule has 2 aromatic heterocycles. The Labute approximate surface area is 144 Å². The molecule has 3 aromatic rings. The molecule has 128 valence electrons. The molecule has 1 aromatic carbocycles. The van der Waals surface area contributed by atoms with Crippen LogP contribution in [0.15, 0.2) is 47.0 Å². The summed E-state index contributed by atoms with van der Waals surface area (Å²) in [5.74, 6) is 2.15. The Morgan fingerprint density at radius 1 is 1.28 bits per heavy atom. The summed E-state index contributed by atoms with van der Waals surface area (Å²) < 4.78 is 12.6. The lowest BCUT2D eigenvalue weighted by molar-refractivity contribution is -0.116. The monoisotopic (exact) mass is 338 g/mol. The van der Waals surface area contributed by atoms with E-state index in [-0.39, 0.29) is 12.5 Å². The molecule has 0 saturated heterocycles. The first-order chi connectivity index (χ1) is 12.2. The maximum absolute atomic E-state index is 12.3. The molecule has 0 atom stereocenters. The summed E-state index contributed by atoms with van der Waals surface area (Å²) in [7, 11) is 1.60. The number of carbonyl (C=O) groups excluding carboxylic acids is 1.